The Balaban J connectivity index is 3.34. The zero-order valence-electron chi connectivity index (χ0n) is 18.5. The lowest BCUT2D eigenvalue weighted by molar-refractivity contribution is -0.151. The average Bonchev–Trinajstić information content (AvgIpc) is 2.74. The van der Waals surface area contributed by atoms with Gasteiger partial charge in [-0.15, -0.1) is 0 Å². The summed E-state index contributed by atoms with van der Waals surface area (Å²) in [5.41, 5.74) is -0.503. The van der Waals surface area contributed by atoms with E-state index in [1.54, 1.807) is 20.8 Å². The second-order valence-corrected chi connectivity index (χ2v) is 9.31. The molecule has 0 bridgehead atoms. The summed E-state index contributed by atoms with van der Waals surface area (Å²) in [5.74, 6) is -3.84. The van der Waals surface area contributed by atoms with Gasteiger partial charge in [-0.05, 0) is 53.3 Å². The fraction of sp³-hybridized carbons (Fsp3) is 0.571. The van der Waals surface area contributed by atoms with E-state index in [4.69, 9.17) is 27.5 Å². The molecule has 31 heavy (non-hydrogen) atoms. The van der Waals surface area contributed by atoms with Crippen molar-refractivity contribution >= 4 is 26.7 Å². The first-order valence-electron chi connectivity index (χ1n) is 10.4. The van der Waals surface area contributed by atoms with Gasteiger partial charge in [-0.3, -0.25) is 0 Å². The Labute approximate surface area is 184 Å². The quantitative estimate of drug-likeness (QED) is 0.234. The molecule has 0 radical (unpaired) electrons. The van der Waals surface area contributed by atoms with Gasteiger partial charge in [-0.25, -0.2) is 14.4 Å². The Kier molecular flexibility index (Phi) is 10.9. The Morgan fingerprint density at radius 1 is 0.677 bits per heavy atom. The zero-order valence-corrected chi connectivity index (χ0v) is 19.5. The minimum absolute atomic E-state index is 0.174. The Morgan fingerprint density at radius 2 is 1.00 bits per heavy atom. The summed E-state index contributed by atoms with van der Waals surface area (Å²) in [7, 11) is -4.33. The van der Waals surface area contributed by atoms with Gasteiger partial charge in [0.2, 0.25) is 0 Å². The van der Waals surface area contributed by atoms with E-state index in [9.17, 15) is 14.4 Å². The van der Waals surface area contributed by atoms with Gasteiger partial charge in [-0.2, -0.15) is 0 Å². The highest BCUT2D eigenvalue weighted by molar-refractivity contribution is 6.67. The van der Waals surface area contributed by atoms with Crippen molar-refractivity contribution in [1.29, 1.82) is 0 Å². The first-order chi connectivity index (χ1) is 14.7. The Hall–Kier alpha value is -2.75. The summed E-state index contributed by atoms with van der Waals surface area (Å²) in [6.07, 6.45) is 3.60. The summed E-state index contributed by atoms with van der Waals surface area (Å²) in [5, 5.41) is 0. The first-order valence-corrected chi connectivity index (χ1v) is 12.2. The van der Waals surface area contributed by atoms with Gasteiger partial charge < -0.3 is 27.5 Å². The predicted octanol–water partition coefficient (Wildman–Crippen LogP) is 3.54. The SMILES string of the molecule is C=C(OCC)C(=O)O[Si](OC(=O)C(=C)OCC)(OC(=O)C(=C)OCC)C1CCCCC1. The minimum Gasteiger partial charge on any atom is -0.487 e. The number of hydrogen-bond acceptors (Lipinski definition) is 9. The summed E-state index contributed by atoms with van der Waals surface area (Å²) >= 11 is 0. The van der Waals surface area contributed by atoms with Crippen LogP contribution in [0, 0.1) is 0 Å². The Morgan fingerprint density at radius 3 is 1.29 bits per heavy atom. The van der Waals surface area contributed by atoms with Crippen LogP contribution < -0.4 is 0 Å². The topological polar surface area (TPSA) is 107 Å². The molecule has 1 fully saturated rings. The van der Waals surface area contributed by atoms with Crippen molar-refractivity contribution in [3.8, 4) is 0 Å². The minimum atomic E-state index is -4.33. The molecule has 1 rings (SSSR count). The molecule has 0 aromatic heterocycles. The maximum Gasteiger partial charge on any atom is 0.709 e. The average molecular weight is 457 g/mol. The lowest BCUT2D eigenvalue weighted by atomic mass is 10.0. The van der Waals surface area contributed by atoms with Crippen molar-refractivity contribution in [1.82, 2.24) is 0 Å². The van der Waals surface area contributed by atoms with Gasteiger partial charge in [0.05, 0.1) is 25.4 Å². The molecule has 0 saturated heterocycles. The van der Waals surface area contributed by atoms with Gasteiger partial charge in [0, 0.05) is 0 Å². The fourth-order valence-electron chi connectivity index (χ4n) is 3.03. The summed E-state index contributed by atoms with van der Waals surface area (Å²) in [4.78, 5) is 37.9. The van der Waals surface area contributed by atoms with E-state index in [1.807, 2.05) is 0 Å². The second-order valence-electron chi connectivity index (χ2n) is 6.68. The van der Waals surface area contributed by atoms with E-state index in [-0.39, 0.29) is 37.1 Å². The molecule has 0 aromatic carbocycles. The van der Waals surface area contributed by atoms with Gasteiger partial charge in [0.15, 0.2) is 17.3 Å². The molecular weight excluding hydrogens is 424 g/mol. The van der Waals surface area contributed by atoms with E-state index in [0.717, 1.165) is 19.3 Å². The number of rotatable bonds is 13. The molecule has 1 saturated carbocycles. The van der Waals surface area contributed by atoms with Crippen molar-refractivity contribution in [2.24, 2.45) is 0 Å². The summed E-state index contributed by atoms with van der Waals surface area (Å²) in [6.45, 7) is 16.1. The highest BCUT2D eigenvalue weighted by atomic mass is 28.4. The molecule has 0 heterocycles. The van der Waals surface area contributed by atoms with Crippen LogP contribution in [0.1, 0.15) is 52.9 Å². The molecule has 0 unspecified atom stereocenters. The van der Waals surface area contributed by atoms with E-state index in [0.29, 0.717) is 12.8 Å². The van der Waals surface area contributed by atoms with Crippen LogP contribution in [0.2, 0.25) is 5.54 Å². The van der Waals surface area contributed by atoms with Crippen molar-refractivity contribution in [3.05, 3.63) is 37.0 Å². The molecule has 1 aliphatic rings. The lowest BCUT2D eigenvalue weighted by Crippen LogP contribution is -2.55. The highest BCUT2D eigenvalue weighted by Crippen LogP contribution is 2.40. The lowest BCUT2D eigenvalue weighted by Gasteiger charge is -2.35. The molecule has 0 spiro atoms. The largest absolute Gasteiger partial charge is 0.709 e. The van der Waals surface area contributed by atoms with Crippen LogP contribution in [0.25, 0.3) is 0 Å². The molecule has 0 atom stereocenters. The van der Waals surface area contributed by atoms with Crippen LogP contribution in [0.3, 0.4) is 0 Å². The van der Waals surface area contributed by atoms with E-state index < -0.39 is 32.3 Å². The maximum atomic E-state index is 12.6. The molecule has 9 nitrogen and oxygen atoms in total. The normalized spacial score (nSPS) is 14.0. The van der Waals surface area contributed by atoms with Gasteiger partial charge in [0.25, 0.3) is 0 Å². The van der Waals surface area contributed by atoms with Gasteiger partial charge in [0.1, 0.15) is 0 Å². The van der Waals surface area contributed by atoms with Crippen molar-refractivity contribution in [2.75, 3.05) is 19.8 Å². The van der Waals surface area contributed by atoms with Crippen molar-refractivity contribution in [3.63, 3.8) is 0 Å². The monoisotopic (exact) mass is 456 g/mol. The molecule has 0 N–H and O–H groups in total. The highest BCUT2D eigenvalue weighted by Gasteiger charge is 2.61. The summed E-state index contributed by atoms with van der Waals surface area (Å²) < 4.78 is 32.1. The molecule has 174 valence electrons. The van der Waals surface area contributed by atoms with Gasteiger partial charge >= 0.3 is 26.7 Å². The fourth-order valence-corrected chi connectivity index (χ4v) is 5.88. The van der Waals surface area contributed by atoms with Crippen LogP contribution in [0.15, 0.2) is 37.0 Å². The summed E-state index contributed by atoms with van der Waals surface area (Å²) in [6, 6.07) is 0. The van der Waals surface area contributed by atoms with E-state index in [1.165, 1.54) is 0 Å². The van der Waals surface area contributed by atoms with Crippen LogP contribution in [0.5, 0.6) is 0 Å². The third-order valence-electron chi connectivity index (χ3n) is 4.45. The second kappa shape index (κ2) is 12.8. The van der Waals surface area contributed by atoms with E-state index >= 15 is 0 Å². The standard InChI is InChI=1S/C21H32O9Si/c1-7-25-15(4)19(22)28-31(18-13-11-10-12-14-18,29-20(23)16(5)26-8-2)30-21(24)17(6)27-9-3/h18H,4-14H2,1-3H3. The first kappa shape index (κ1) is 26.3. The molecule has 0 amide bonds. The van der Waals surface area contributed by atoms with Crippen LogP contribution in [-0.4, -0.2) is 46.5 Å². The Bertz CT molecular complexity index is 616. The number of carbonyl (C=O) groups excluding carboxylic acids is 3. The van der Waals surface area contributed by atoms with Crippen LogP contribution in [0.4, 0.5) is 0 Å². The van der Waals surface area contributed by atoms with E-state index in [2.05, 4.69) is 19.7 Å². The third-order valence-corrected chi connectivity index (χ3v) is 7.44. The molecule has 0 aromatic rings. The maximum absolute atomic E-state index is 12.6. The number of ether oxygens (including phenoxy) is 3. The number of carbonyl (C=O) groups is 3. The third kappa shape index (κ3) is 7.78. The van der Waals surface area contributed by atoms with Crippen LogP contribution >= 0.6 is 0 Å². The van der Waals surface area contributed by atoms with Gasteiger partial charge in [-0.1, -0.05) is 19.3 Å². The zero-order chi connectivity index (χ0) is 23.4. The number of hydrogen-bond donors (Lipinski definition) is 0. The smallest absolute Gasteiger partial charge is 0.487 e. The van der Waals surface area contributed by atoms with Crippen molar-refractivity contribution in [2.45, 2.75) is 58.4 Å². The molecule has 0 aliphatic heterocycles. The van der Waals surface area contributed by atoms with Crippen molar-refractivity contribution < 1.29 is 41.9 Å². The predicted molar refractivity (Wildman–Crippen MR) is 113 cm³/mol. The molecular formula is C21H32O9Si. The van der Waals surface area contributed by atoms with Crippen LogP contribution in [-0.2, 0) is 41.9 Å². The molecule has 10 heteroatoms. The molecule has 1 aliphatic carbocycles.